The second-order valence-electron chi connectivity index (χ2n) is 3.81. The molecule has 1 heterocycles. The van der Waals surface area contributed by atoms with Crippen LogP contribution in [0.2, 0.25) is 5.28 Å². The van der Waals surface area contributed by atoms with Gasteiger partial charge in [-0.1, -0.05) is 6.92 Å². The Labute approximate surface area is 128 Å². The van der Waals surface area contributed by atoms with Gasteiger partial charge in [0.25, 0.3) is 0 Å². The van der Waals surface area contributed by atoms with Crippen molar-refractivity contribution in [2.75, 3.05) is 11.9 Å². The highest BCUT2D eigenvalue weighted by Gasteiger charge is 2.09. The van der Waals surface area contributed by atoms with E-state index in [-0.39, 0.29) is 17.1 Å². The van der Waals surface area contributed by atoms with Gasteiger partial charge in [-0.05, 0) is 52.2 Å². The van der Waals surface area contributed by atoms with E-state index in [0.717, 1.165) is 6.42 Å². The molecule has 0 aliphatic carbocycles. The molecule has 1 aromatic heterocycles. The van der Waals surface area contributed by atoms with E-state index in [1.54, 1.807) is 0 Å². The second-order valence-corrected chi connectivity index (χ2v) is 5.01. The molecule has 20 heavy (non-hydrogen) atoms. The summed E-state index contributed by atoms with van der Waals surface area (Å²) >= 11 is 9.01. The lowest BCUT2D eigenvalue weighted by Gasteiger charge is -2.08. The van der Waals surface area contributed by atoms with Gasteiger partial charge in [0.1, 0.15) is 11.6 Å². The zero-order chi connectivity index (χ0) is 14.5. The lowest BCUT2D eigenvalue weighted by molar-refractivity contribution is 0.436. The van der Waals surface area contributed by atoms with Gasteiger partial charge < -0.3 is 10.1 Å². The first kappa shape index (κ1) is 14.9. The molecule has 0 spiro atoms. The third-order valence-electron chi connectivity index (χ3n) is 2.22. The summed E-state index contributed by atoms with van der Waals surface area (Å²) in [6.07, 6.45) is 0.920. The van der Waals surface area contributed by atoms with E-state index >= 15 is 0 Å². The average molecular weight is 362 g/mol. The molecule has 1 aromatic carbocycles. The fourth-order valence-electron chi connectivity index (χ4n) is 1.35. The van der Waals surface area contributed by atoms with Crippen LogP contribution >= 0.6 is 27.5 Å². The van der Waals surface area contributed by atoms with Crippen LogP contribution in [-0.4, -0.2) is 21.5 Å². The van der Waals surface area contributed by atoms with E-state index < -0.39 is 0 Å². The summed E-state index contributed by atoms with van der Waals surface area (Å²) in [5.41, 5.74) is 0. The first-order valence-corrected chi connectivity index (χ1v) is 7.04. The van der Waals surface area contributed by atoms with Crippen molar-refractivity contribution < 1.29 is 9.13 Å². The normalized spacial score (nSPS) is 10.4. The molecule has 0 saturated heterocycles. The largest absolute Gasteiger partial charge is 0.423 e. The molecule has 0 aliphatic rings. The molecule has 106 valence electrons. The van der Waals surface area contributed by atoms with Gasteiger partial charge in [-0.15, -0.1) is 0 Å². The van der Waals surface area contributed by atoms with Crippen LogP contribution in [0.1, 0.15) is 13.3 Å². The van der Waals surface area contributed by atoms with Crippen LogP contribution in [0.25, 0.3) is 0 Å². The van der Waals surface area contributed by atoms with Crippen LogP contribution in [0.4, 0.5) is 10.3 Å². The van der Waals surface area contributed by atoms with Gasteiger partial charge in [-0.25, -0.2) is 4.39 Å². The van der Waals surface area contributed by atoms with Crippen LogP contribution < -0.4 is 10.1 Å². The highest BCUT2D eigenvalue weighted by atomic mass is 79.9. The summed E-state index contributed by atoms with van der Waals surface area (Å²) in [4.78, 5) is 11.9. The van der Waals surface area contributed by atoms with E-state index in [1.165, 1.54) is 18.2 Å². The minimum atomic E-state index is -0.372. The topological polar surface area (TPSA) is 59.9 Å². The fraction of sp³-hybridized carbons (Fsp3) is 0.250. The summed E-state index contributed by atoms with van der Waals surface area (Å²) in [5, 5.41) is 3.01. The molecule has 5 nitrogen and oxygen atoms in total. The minimum Gasteiger partial charge on any atom is -0.423 e. The lowest BCUT2D eigenvalue weighted by Crippen LogP contribution is -2.06. The number of rotatable bonds is 5. The highest BCUT2D eigenvalue weighted by Crippen LogP contribution is 2.29. The van der Waals surface area contributed by atoms with Gasteiger partial charge in [0.2, 0.25) is 11.2 Å². The number of halogens is 3. The monoisotopic (exact) mass is 360 g/mol. The van der Waals surface area contributed by atoms with E-state index in [2.05, 4.69) is 36.2 Å². The van der Waals surface area contributed by atoms with Crippen molar-refractivity contribution in [2.45, 2.75) is 13.3 Å². The molecule has 2 aromatic rings. The van der Waals surface area contributed by atoms with E-state index in [9.17, 15) is 4.39 Å². The first-order valence-electron chi connectivity index (χ1n) is 5.87. The van der Waals surface area contributed by atoms with E-state index in [4.69, 9.17) is 16.3 Å². The Hall–Kier alpha value is -1.47. The molecule has 0 radical (unpaired) electrons. The quantitative estimate of drug-likeness (QED) is 0.871. The van der Waals surface area contributed by atoms with Crippen molar-refractivity contribution in [3.05, 3.63) is 33.8 Å². The molecule has 0 amide bonds. The van der Waals surface area contributed by atoms with Crippen LogP contribution in [-0.2, 0) is 0 Å². The summed E-state index contributed by atoms with van der Waals surface area (Å²) in [6, 6.07) is 4.07. The van der Waals surface area contributed by atoms with Crippen molar-refractivity contribution in [2.24, 2.45) is 0 Å². The zero-order valence-corrected chi connectivity index (χ0v) is 12.9. The number of nitrogens with zero attached hydrogens (tertiary/aromatic N) is 3. The van der Waals surface area contributed by atoms with Gasteiger partial charge in [0.15, 0.2) is 0 Å². The molecule has 8 heteroatoms. The number of hydrogen-bond donors (Lipinski definition) is 1. The molecular formula is C12H11BrClFN4O. The van der Waals surface area contributed by atoms with Gasteiger partial charge >= 0.3 is 6.01 Å². The number of nitrogens with one attached hydrogen (secondary N) is 1. The lowest BCUT2D eigenvalue weighted by atomic mass is 10.3. The molecule has 0 unspecified atom stereocenters. The van der Waals surface area contributed by atoms with E-state index in [1.807, 2.05) is 6.92 Å². The van der Waals surface area contributed by atoms with Gasteiger partial charge in [0.05, 0.1) is 4.47 Å². The maximum absolute atomic E-state index is 13.0. The Morgan fingerprint density at radius 3 is 2.85 bits per heavy atom. The predicted molar refractivity (Wildman–Crippen MR) is 77.8 cm³/mol. The molecule has 1 N–H and O–H groups in total. The molecule has 0 saturated carbocycles. The molecule has 0 aliphatic heterocycles. The Balaban J connectivity index is 2.21. The van der Waals surface area contributed by atoms with Crippen molar-refractivity contribution in [1.29, 1.82) is 0 Å². The van der Waals surface area contributed by atoms with Crippen molar-refractivity contribution in [3.63, 3.8) is 0 Å². The van der Waals surface area contributed by atoms with Crippen molar-refractivity contribution >= 4 is 33.5 Å². The summed E-state index contributed by atoms with van der Waals surface area (Å²) < 4.78 is 18.9. The minimum absolute atomic E-state index is 0.0202. The molecular weight excluding hydrogens is 351 g/mol. The number of anilines is 1. The third-order valence-corrected chi connectivity index (χ3v) is 3.00. The smallest absolute Gasteiger partial charge is 0.328 e. The van der Waals surface area contributed by atoms with Gasteiger partial charge in [-0.3, -0.25) is 0 Å². The number of hydrogen-bond acceptors (Lipinski definition) is 5. The molecule has 2 rings (SSSR count). The standard InChI is InChI=1S/C12H11BrClFN4O/c1-2-5-16-11-17-10(14)18-12(19-11)20-9-4-3-7(15)6-8(9)13/h3-4,6H,2,5H2,1H3,(H,16,17,18,19). The highest BCUT2D eigenvalue weighted by molar-refractivity contribution is 9.10. The summed E-state index contributed by atoms with van der Waals surface area (Å²) in [7, 11) is 0. The fourth-order valence-corrected chi connectivity index (χ4v) is 1.93. The first-order chi connectivity index (χ1) is 9.58. The Bertz CT molecular complexity index is 614. The Morgan fingerprint density at radius 1 is 1.35 bits per heavy atom. The second kappa shape index (κ2) is 6.81. The van der Waals surface area contributed by atoms with Crippen LogP contribution in [0.5, 0.6) is 11.8 Å². The average Bonchev–Trinajstić information content (AvgIpc) is 2.39. The SMILES string of the molecule is CCCNc1nc(Cl)nc(Oc2ccc(F)cc2Br)n1. The van der Waals surface area contributed by atoms with Crippen molar-refractivity contribution in [3.8, 4) is 11.8 Å². The van der Waals surface area contributed by atoms with Crippen LogP contribution in [0, 0.1) is 5.82 Å². The van der Waals surface area contributed by atoms with Crippen LogP contribution in [0.3, 0.4) is 0 Å². The molecule has 0 atom stereocenters. The summed E-state index contributed by atoms with van der Waals surface area (Å²) in [6.45, 7) is 2.73. The Morgan fingerprint density at radius 2 is 2.15 bits per heavy atom. The third kappa shape index (κ3) is 4.01. The number of ether oxygens (including phenoxy) is 1. The zero-order valence-electron chi connectivity index (χ0n) is 10.5. The number of aromatic nitrogens is 3. The number of benzene rings is 1. The van der Waals surface area contributed by atoms with Gasteiger partial charge in [0, 0.05) is 6.54 Å². The molecule has 0 bridgehead atoms. The maximum atomic E-state index is 13.0. The Kier molecular flexibility index (Phi) is 5.08. The predicted octanol–water partition coefficient (Wildman–Crippen LogP) is 4.04. The maximum Gasteiger partial charge on any atom is 0.328 e. The summed E-state index contributed by atoms with van der Waals surface area (Å²) in [5.74, 6) is 0.346. The molecule has 0 fully saturated rings. The van der Waals surface area contributed by atoms with Crippen molar-refractivity contribution in [1.82, 2.24) is 15.0 Å². The van der Waals surface area contributed by atoms with Gasteiger partial charge in [-0.2, -0.15) is 15.0 Å². The van der Waals surface area contributed by atoms with E-state index in [0.29, 0.717) is 22.7 Å². The van der Waals surface area contributed by atoms with Crippen LogP contribution in [0.15, 0.2) is 22.7 Å².